The number of fused-ring (bicyclic) bond motifs is 5. The minimum absolute atomic E-state index is 0.000603. The van der Waals surface area contributed by atoms with Gasteiger partial charge in [-0.2, -0.15) is 11.8 Å². The normalized spacial score (nSPS) is 42.7. The molecule has 6 fully saturated rings. The zero-order valence-corrected chi connectivity index (χ0v) is 29.1. The molecule has 1 saturated carbocycles. The Kier molecular flexibility index (Phi) is 10.8. The van der Waals surface area contributed by atoms with Gasteiger partial charge in [0.2, 0.25) is 11.8 Å². The van der Waals surface area contributed by atoms with Crippen molar-refractivity contribution in [3.05, 3.63) is 12.7 Å². The minimum atomic E-state index is -0.970. The van der Waals surface area contributed by atoms with Gasteiger partial charge in [0.05, 0.1) is 24.4 Å². The number of amides is 4. The number of rotatable bonds is 3. The van der Waals surface area contributed by atoms with E-state index in [1.165, 1.54) is 6.08 Å². The molecule has 6 aliphatic rings. The Hall–Kier alpha value is -1.60. The van der Waals surface area contributed by atoms with E-state index in [4.69, 9.17) is 11.6 Å². The van der Waals surface area contributed by atoms with Crippen LogP contribution in [0.25, 0.3) is 0 Å². The summed E-state index contributed by atoms with van der Waals surface area (Å²) in [6.45, 7) is 12.5. The number of urea groups is 1. The fourth-order valence-electron chi connectivity index (χ4n) is 9.33. The van der Waals surface area contributed by atoms with Crippen LogP contribution < -0.4 is 21.3 Å². The van der Waals surface area contributed by atoms with E-state index in [-0.39, 0.29) is 82.6 Å². The molecule has 0 spiro atoms. The Morgan fingerprint density at radius 3 is 2.67 bits per heavy atom. The summed E-state index contributed by atoms with van der Waals surface area (Å²) in [5, 5.41) is 14.1. The van der Waals surface area contributed by atoms with E-state index in [2.05, 4.69) is 53.5 Å². The Labute approximate surface area is 282 Å². The van der Waals surface area contributed by atoms with E-state index in [1.54, 1.807) is 11.8 Å². The van der Waals surface area contributed by atoms with E-state index < -0.39 is 12.3 Å². The molecule has 10 nitrogen and oxygen atoms in total. The highest BCUT2D eigenvalue weighted by atomic mass is 35.5. The van der Waals surface area contributed by atoms with Crippen molar-refractivity contribution in [3.63, 3.8) is 0 Å². The van der Waals surface area contributed by atoms with Crippen LogP contribution in [-0.2, 0) is 9.59 Å². The van der Waals surface area contributed by atoms with Crippen LogP contribution in [0, 0.1) is 17.8 Å². The van der Waals surface area contributed by atoms with Crippen LogP contribution in [0.3, 0.4) is 0 Å². The molecule has 0 aromatic rings. The third kappa shape index (κ3) is 6.67. The first-order valence-electron chi connectivity index (χ1n) is 17.5. The lowest BCUT2D eigenvalue weighted by molar-refractivity contribution is -0.131. The van der Waals surface area contributed by atoms with Crippen molar-refractivity contribution < 1.29 is 18.8 Å². The molecule has 5 aliphatic heterocycles. The molecular formula is C33H53ClFN7O3S. The molecule has 12 atom stereocenters. The molecule has 0 aromatic carbocycles. The summed E-state index contributed by atoms with van der Waals surface area (Å²) in [7, 11) is 0. The third-order valence-electron chi connectivity index (χ3n) is 11.5. The van der Waals surface area contributed by atoms with Crippen molar-refractivity contribution in [3.8, 4) is 0 Å². The number of hydrogen-bond donors (Lipinski definition) is 4. The molecule has 4 amide bonds. The van der Waals surface area contributed by atoms with Gasteiger partial charge < -0.3 is 25.8 Å². The van der Waals surface area contributed by atoms with E-state index in [0.29, 0.717) is 45.3 Å². The highest BCUT2D eigenvalue weighted by Crippen LogP contribution is 2.44. The fourth-order valence-corrected chi connectivity index (χ4v) is 11.3. The van der Waals surface area contributed by atoms with Crippen molar-refractivity contribution >= 4 is 41.2 Å². The molecule has 13 heteroatoms. The van der Waals surface area contributed by atoms with Crippen LogP contribution in [-0.4, -0.2) is 124 Å². The number of nitrogens with one attached hydrogen (secondary N) is 4. The average molecular weight is 682 g/mol. The number of nitrogens with zero attached hydrogens (tertiary/aromatic N) is 3. The summed E-state index contributed by atoms with van der Waals surface area (Å²) in [6, 6.07) is -1.01. The number of piperazine rings is 1. The fraction of sp³-hybridized carbons (Fsp3) is 0.848. The largest absolute Gasteiger partial charge is 0.351 e. The predicted molar refractivity (Wildman–Crippen MR) is 180 cm³/mol. The number of alkyl halides is 2. The van der Waals surface area contributed by atoms with Crippen LogP contribution in [0.1, 0.15) is 65.7 Å². The first-order chi connectivity index (χ1) is 22.1. The SMILES string of the molecule is C=CC(=O)N1CCN(C2NC(=O)N3C4NC(C(Cl)CC42)C2C(F)CCCC2SCCCC(=O)NC2CCNC(C(C)C)C23)[C@H](C)C1. The van der Waals surface area contributed by atoms with E-state index >= 15 is 4.39 Å². The molecule has 258 valence electrons. The second-order valence-corrected chi connectivity index (χ2v) is 16.6. The van der Waals surface area contributed by atoms with Gasteiger partial charge in [-0.3, -0.25) is 19.8 Å². The van der Waals surface area contributed by atoms with Crippen molar-refractivity contribution in [1.82, 2.24) is 36.0 Å². The minimum Gasteiger partial charge on any atom is -0.351 e. The van der Waals surface area contributed by atoms with E-state index in [9.17, 15) is 14.4 Å². The van der Waals surface area contributed by atoms with Crippen molar-refractivity contribution in [1.29, 1.82) is 0 Å². The monoisotopic (exact) mass is 681 g/mol. The zero-order valence-electron chi connectivity index (χ0n) is 27.5. The lowest BCUT2D eigenvalue weighted by Crippen LogP contribution is -2.81. The van der Waals surface area contributed by atoms with Gasteiger partial charge in [0.15, 0.2) is 0 Å². The number of halogens is 2. The Morgan fingerprint density at radius 2 is 1.93 bits per heavy atom. The zero-order chi connectivity index (χ0) is 32.7. The van der Waals surface area contributed by atoms with Crippen LogP contribution in [0.5, 0.6) is 0 Å². The number of carbonyl (C=O) groups is 3. The van der Waals surface area contributed by atoms with Gasteiger partial charge in [-0.1, -0.05) is 20.4 Å². The van der Waals surface area contributed by atoms with Crippen molar-refractivity contribution in [2.75, 3.05) is 31.9 Å². The van der Waals surface area contributed by atoms with Gasteiger partial charge in [0.25, 0.3) is 0 Å². The highest BCUT2D eigenvalue weighted by molar-refractivity contribution is 7.99. The summed E-state index contributed by atoms with van der Waals surface area (Å²) >= 11 is 9.13. The van der Waals surface area contributed by atoms with Crippen LogP contribution in [0.15, 0.2) is 12.7 Å². The number of thioether (sulfide) groups is 1. The van der Waals surface area contributed by atoms with Gasteiger partial charge in [-0.05, 0) is 69.7 Å². The summed E-state index contributed by atoms with van der Waals surface area (Å²) in [4.78, 5) is 46.4. The lowest BCUT2D eigenvalue weighted by Gasteiger charge is -2.60. The average Bonchev–Trinajstić information content (AvgIpc) is 3.02. The molecule has 1 aliphatic carbocycles. The third-order valence-corrected chi connectivity index (χ3v) is 13.5. The number of carbonyl (C=O) groups excluding carboxylic acids is 3. The molecule has 46 heavy (non-hydrogen) atoms. The Bertz CT molecular complexity index is 1150. The van der Waals surface area contributed by atoms with Gasteiger partial charge in [-0.15, -0.1) is 11.6 Å². The first-order valence-corrected chi connectivity index (χ1v) is 19.0. The molecule has 2 bridgehead atoms. The summed E-state index contributed by atoms with van der Waals surface area (Å²) in [5.41, 5.74) is 0. The lowest BCUT2D eigenvalue weighted by atomic mass is 9.74. The van der Waals surface area contributed by atoms with Crippen LogP contribution in [0.2, 0.25) is 0 Å². The maximum Gasteiger partial charge on any atom is 0.320 e. The molecule has 4 N–H and O–H groups in total. The number of piperidine rings is 2. The number of hydrogen-bond acceptors (Lipinski definition) is 7. The molecular weight excluding hydrogens is 629 g/mol. The molecule has 5 saturated heterocycles. The molecule has 5 heterocycles. The van der Waals surface area contributed by atoms with Gasteiger partial charge in [0.1, 0.15) is 6.17 Å². The van der Waals surface area contributed by atoms with Gasteiger partial charge in [0, 0.05) is 66.6 Å². The quantitative estimate of drug-likeness (QED) is 0.268. The molecule has 11 unspecified atom stereocenters. The summed E-state index contributed by atoms with van der Waals surface area (Å²) in [6.07, 6.45) is 4.49. The maximum atomic E-state index is 16.0. The topological polar surface area (TPSA) is 109 Å². The predicted octanol–water partition coefficient (Wildman–Crippen LogP) is 2.87. The van der Waals surface area contributed by atoms with Crippen LogP contribution >= 0.6 is 23.4 Å². The second kappa shape index (κ2) is 14.5. The van der Waals surface area contributed by atoms with Crippen molar-refractivity contribution in [2.24, 2.45) is 17.8 Å². The molecule has 6 rings (SSSR count). The Balaban J connectivity index is 1.39. The summed E-state index contributed by atoms with van der Waals surface area (Å²) in [5.74, 6) is 0.593. The maximum absolute atomic E-state index is 16.0. The Morgan fingerprint density at radius 1 is 1.13 bits per heavy atom. The van der Waals surface area contributed by atoms with Gasteiger partial charge >= 0.3 is 6.03 Å². The molecule has 0 radical (unpaired) electrons. The highest BCUT2D eigenvalue weighted by Gasteiger charge is 2.57. The summed E-state index contributed by atoms with van der Waals surface area (Å²) < 4.78 is 16.0. The smallest absolute Gasteiger partial charge is 0.320 e. The standard InChI is InChI=1S/C33H53ClFN7O3S/c1-5-26(44)40-13-14-41(19(4)17-40)31-20-16-21(34)29-27-22(35)8-6-9-24(27)46-15-7-10-25(43)37-23-11-12-36-28(18(2)3)30(23)42(32(20)38-29)33(45)39-31/h5,18-24,27-32,36,38H,1,6-17H2,2-4H3,(H,37,43)(H,39,45)/t19-,20?,21?,22?,23?,24?,27?,28?,29?,30?,31?,32?/m1/s1. The van der Waals surface area contributed by atoms with Gasteiger partial charge in [-0.25, -0.2) is 9.18 Å². The second-order valence-electron chi connectivity index (χ2n) is 14.6. The van der Waals surface area contributed by atoms with E-state index in [0.717, 1.165) is 31.6 Å². The molecule has 0 aromatic heterocycles. The first kappa shape index (κ1) is 34.3. The van der Waals surface area contributed by atoms with E-state index in [1.807, 2.05) is 9.80 Å². The van der Waals surface area contributed by atoms with Crippen molar-refractivity contribution in [2.45, 2.75) is 125 Å². The van der Waals surface area contributed by atoms with Crippen LogP contribution in [0.4, 0.5) is 9.18 Å².